The van der Waals surface area contributed by atoms with Crippen molar-refractivity contribution < 1.29 is 14.7 Å². The third-order valence-electron chi connectivity index (χ3n) is 3.27. The van der Waals surface area contributed by atoms with Crippen LogP contribution in [0.4, 0.5) is 0 Å². The Kier molecular flexibility index (Phi) is 4.52. The molecule has 0 spiro atoms. The fourth-order valence-corrected chi connectivity index (χ4v) is 2.79. The van der Waals surface area contributed by atoms with Crippen LogP contribution < -0.4 is 0 Å². The highest BCUT2D eigenvalue weighted by Crippen LogP contribution is 2.31. The summed E-state index contributed by atoms with van der Waals surface area (Å²) in [7, 11) is 0. The predicted molar refractivity (Wildman–Crippen MR) is 72.8 cm³/mol. The van der Waals surface area contributed by atoms with Gasteiger partial charge in [0.25, 0.3) is 0 Å². The molecule has 1 aliphatic rings. The second-order valence-corrected chi connectivity index (χ2v) is 5.32. The molecule has 1 fully saturated rings. The number of pyridine rings is 1. The summed E-state index contributed by atoms with van der Waals surface area (Å²) < 4.78 is 0. The van der Waals surface area contributed by atoms with Crippen LogP contribution in [-0.4, -0.2) is 38.7 Å². The Morgan fingerprint density at radius 3 is 2.95 bits per heavy atom. The lowest BCUT2D eigenvalue weighted by atomic mass is 10.0. The first-order chi connectivity index (χ1) is 9.11. The van der Waals surface area contributed by atoms with E-state index in [0.29, 0.717) is 13.0 Å². The van der Waals surface area contributed by atoms with Gasteiger partial charge < -0.3 is 10.0 Å². The maximum Gasteiger partial charge on any atom is 0.305 e. The molecule has 2 unspecified atom stereocenters. The summed E-state index contributed by atoms with van der Waals surface area (Å²) in [4.78, 5) is 28.7. The molecule has 1 saturated heterocycles. The number of carbonyl (C=O) groups is 2. The number of carboxylic acids is 1. The molecule has 1 aromatic rings. The van der Waals surface area contributed by atoms with Crippen molar-refractivity contribution >= 4 is 27.8 Å². The molecule has 2 rings (SSSR count). The second-order valence-electron chi connectivity index (χ2n) is 4.67. The number of carboxylic acid groups (broad SMARTS) is 1. The summed E-state index contributed by atoms with van der Waals surface area (Å²) in [5, 5.41) is 9.80. The first-order valence-electron chi connectivity index (χ1n) is 6.09. The molecule has 1 aliphatic heterocycles. The van der Waals surface area contributed by atoms with Gasteiger partial charge in [-0.3, -0.25) is 14.6 Å². The van der Waals surface area contributed by atoms with E-state index < -0.39 is 12.0 Å². The van der Waals surface area contributed by atoms with Crippen molar-refractivity contribution in [1.82, 2.24) is 9.88 Å². The van der Waals surface area contributed by atoms with Crippen molar-refractivity contribution in [3.63, 3.8) is 0 Å². The first kappa shape index (κ1) is 14.0. The van der Waals surface area contributed by atoms with Crippen LogP contribution in [0.15, 0.2) is 24.5 Å². The van der Waals surface area contributed by atoms with E-state index in [-0.39, 0.29) is 18.2 Å². The zero-order valence-electron chi connectivity index (χ0n) is 10.3. The number of alkyl halides is 1. The molecule has 0 saturated carbocycles. The molecule has 0 bridgehead atoms. The Balaban J connectivity index is 2.23. The Bertz CT molecular complexity index is 466. The minimum Gasteiger partial charge on any atom is -0.481 e. The standard InChI is InChI=1S/C13H15BrN2O3/c14-6-9-4-12(17)16(8-9)11(5-13(18)19)10-2-1-3-15-7-10/h1-3,7,9,11H,4-6,8H2,(H,18,19). The number of carbonyl (C=O) groups excluding carboxylic acids is 1. The number of aromatic nitrogens is 1. The zero-order chi connectivity index (χ0) is 13.8. The van der Waals surface area contributed by atoms with Crippen molar-refractivity contribution in [2.75, 3.05) is 11.9 Å². The van der Waals surface area contributed by atoms with Crippen LogP contribution in [-0.2, 0) is 9.59 Å². The molecule has 1 aromatic heterocycles. The van der Waals surface area contributed by atoms with E-state index in [0.717, 1.165) is 10.9 Å². The molecule has 1 N–H and O–H groups in total. The topological polar surface area (TPSA) is 70.5 Å². The Morgan fingerprint density at radius 1 is 1.63 bits per heavy atom. The van der Waals surface area contributed by atoms with Crippen molar-refractivity contribution in [2.24, 2.45) is 5.92 Å². The number of likely N-dealkylation sites (tertiary alicyclic amines) is 1. The molecule has 0 aliphatic carbocycles. The van der Waals surface area contributed by atoms with Crippen LogP contribution in [0.1, 0.15) is 24.4 Å². The van der Waals surface area contributed by atoms with E-state index in [1.54, 1.807) is 23.4 Å². The fraction of sp³-hybridized carbons (Fsp3) is 0.462. The summed E-state index contributed by atoms with van der Waals surface area (Å²) in [6.07, 6.45) is 3.64. The van der Waals surface area contributed by atoms with Gasteiger partial charge in [-0.2, -0.15) is 0 Å². The molecule has 6 heteroatoms. The fourth-order valence-electron chi connectivity index (χ4n) is 2.36. The molecule has 2 atom stereocenters. The molecule has 19 heavy (non-hydrogen) atoms. The molecule has 5 nitrogen and oxygen atoms in total. The number of halogens is 1. The lowest BCUT2D eigenvalue weighted by molar-refractivity contribution is -0.139. The number of nitrogens with zero attached hydrogens (tertiary/aromatic N) is 2. The second kappa shape index (κ2) is 6.14. The molecule has 0 radical (unpaired) electrons. The van der Waals surface area contributed by atoms with Gasteiger partial charge in [0.1, 0.15) is 0 Å². The summed E-state index contributed by atoms with van der Waals surface area (Å²) in [5.41, 5.74) is 0.772. The van der Waals surface area contributed by atoms with E-state index in [1.165, 1.54) is 0 Å². The number of rotatable bonds is 5. The van der Waals surface area contributed by atoms with Crippen molar-refractivity contribution in [3.05, 3.63) is 30.1 Å². The van der Waals surface area contributed by atoms with Crippen LogP contribution in [0.25, 0.3) is 0 Å². The van der Waals surface area contributed by atoms with Crippen LogP contribution in [0, 0.1) is 5.92 Å². The third-order valence-corrected chi connectivity index (χ3v) is 4.19. The zero-order valence-corrected chi connectivity index (χ0v) is 11.9. The summed E-state index contributed by atoms with van der Waals surface area (Å²) in [6, 6.07) is 3.14. The number of aliphatic carboxylic acids is 1. The maximum absolute atomic E-state index is 12.0. The van der Waals surface area contributed by atoms with Gasteiger partial charge in [0.15, 0.2) is 0 Å². The highest BCUT2D eigenvalue weighted by Gasteiger charge is 2.35. The van der Waals surface area contributed by atoms with Crippen LogP contribution in [0.2, 0.25) is 0 Å². The number of hydrogen-bond acceptors (Lipinski definition) is 3. The largest absolute Gasteiger partial charge is 0.481 e. The number of amides is 1. The molecule has 1 amide bonds. The van der Waals surface area contributed by atoms with Gasteiger partial charge in [0, 0.05) is 30.7 Å². The average Bonchev–Trinajstić information content (AvgIpc) is 2.78. The van der Waals surface area contributed by atoms with E-state index in [1.807, 2.05) is 6.07 Å². The molecular formula is C13H15BrN2O3. The van der Waals surface area contributed by atoms with E-state index in [9.17, 15) is 9.59 Å². The lowest BCUT2D eigenvalue weighted by Crippen LogP contribution is -2.32. The third kappa shape index (κ3) is 3.32. The van der Waals surface area contributed by atoms with Gasteiger partial charge in [-0.15, -0.1) is 0 Å². The highest BCUT2D eigenvalue weighted by molar-refractivity contribution is 9.09. The quantitative estimate of drug-likeness (QED) is 0.838. The summed E-state index contributed by atoms with van der Waals surface area (Å²) >= 11 is 3.38. The summed E-state index contributed by atoms with van der Waals surface area (Å²) in [6.45, 7) is 0.594. The van der Waals surface area contributed by atoms with Crippen molar-refractivity contribution in [1.29, 1.82) is 0 Å². The summed E-state index contributed by atoms with van der Waals surface area (Å²) in [5.74, 6) is -0.649. The predicted octanol–water partition coefficient (Wildman–Crippen LogP) is 1.84. The molecular weight excluding hydrogens is 312 g/mol. The van der Waals surface area contributed by atoms with Crippen molar-refractivity contribution in [2.45, 2.75) is 18.9 Å². The average molecular weight is 327 g/mol. The molecule has 102 valence electrons. The Labute approximate surface area is 119 Å². The normalized spacial score (nSPS) is 20.6. The smallest absolute Gasteiger partial charge is 0.305 e. The first-order valence-corrected chi connectivity index (χ1v) is 7.21. The van der Waals surface area contributed by atoms with Crippen molar-refractivity contribution in [3.8, 4) is 0 Å². The minimum atomic E-state index is -0.913. The van der Waals surface area contributed by atoms with Gasteiger partial charge >= 0.3 is 5.97 Å². The van der Waals surface area contributed by atoms with Gasteiger partial charge in [-0.25, -0.2) is 0 Å². The van der Waals surface area contributed by atoms with Crippen LogP contribution in [0.5, 0.6) is 0 Å². The molecule has 0 aromatic carbocycles. The van der Waals surface area contributed by atoms with Gasteiger partial charge in [-0.05, 0) is 17.5 Å². The monoisotopic (exact) mass is 326 g/mol. The highest BCUT2D eigenvalue weighted by atomic mass is 79.9. The van der Waals surface area contributed by atoms with Crippen LogP contribution >= 0.6 is 15.9 Å². The van der Waals surface area contributed by atoms with E-state index >= 15 is 0 Å². The maximum atomic E-state index is 12.0. The van der Waals surface area contributed by atoms with Gasteiger partial charge in [-0.1, -0.05) is 22.0 Å². The van der Waals surface area contributed by atoms with E-state index in [4.69, 9.17) is 5.11 Å². The van der Waals surface area contributed by atoms with E-state index in [2.05, 4.69) is 20.9 Å². The van der Waals surface area contributed by atoms with Crippen LogP contribution in [0.3, 0.4) is 0 Å². The van der Waals surface area contributed by atoms with Gasteiger partial charge in [0.05, 0.1) is 12.5 Å². The minimum absolute atomic E-state index is 0.0135. The Hall–Kier alpha value is -1.43. The SMILES string of the molecule is O=C(O)CC(c1cccnc1)N1CC(CBr)CC1=O. The Morgan fingerprint density at radius 2 is 2.42 bits per heavy atom. The lowest BCUT2D eigenvalue weighted by Gasteiger charge is -2.27. The molecule has 2 heterocycles. The number of hydrogen-bond donors (Lipinski definition) is 1. The van der Waals surface area contributed by atoms with Gasteiger partial charge in [0.2, 0.25) is 5.91 Å².